The summed E-state index contributed by atoms with van der Waals surface area (Å²) in [5, 5.41) is 2.63. The summed E-state index contributed by atoms with van der Waals surface area (Å²) >= 11 is 1.87. The van der Waals surface area contributed by atoms with Crippen molar-refractivity contribution in [2.24, 2.45) is 0 Å². The molecule has 1 spiro atoms. The molecule has 67 heavy (non-hydrogen) atoms. The Bertz CT molecular complexity index is 3800. The summed E-state index contributed by atoms with van der Waals surface area (Å²) in [7, 11) is 0. The van der Waals surface area contributed by atoms with Gasteiger partial charge in [0, 0.05) is 42.5 Å². The SMILES string of the molecule is C#CC=C1/C(=C\C)c2ccccc2C12c1ccccc1-c1c(N(c3ccc(-c4cccc5sc6ccccc6c45)cc3)c3ccc4c(c3)C(C)(C)c3cc(-c5ccccc5)ccc3-4)cccc12. The molecule has 3 aliphatic carbocycles. The predicted molar refractivity (Wildman–Crippen MR) is 285 cm³/mol. The summed E-state index contributed by atoms with van der Waals surface area (Å²) < 4.78 is 2.62. The van der Waals surface area contributed by atoms with Crippen molar-refractivity contribution in [3.63, 3.8) is 0 Å². The van der Waals surface area contributed by atoms with Crippen LogP contribution in [0.3, 0.4) is 0 Å². The molecule has 1 heterocycles. The van der Waals surface area contributed by atoms with Crippen LogP contribution in [0.1, 0.15) is 54.2 Å². The molecule has 1 atom stereocenters. The van der Waals surface area contributed by atoms with Gasteiger partial charge in [0.05, 0.1) is 11.1 Å². The molecule has 0 saturated heterocycles. The number of nitrogens with zero attached hydrogens (tertiary/aromatic N) is 1. The first-order chi connectivity index (χ1) is 32.9. The zero-order valence-corrected chi connectivity index (χ0v) is 38.5. The molecule has 0 bridgehead atoms. The smallest absolute Gasteiger partial charge is 0.0732 e. The van der Waals surface area contributed by atoms with Crippen LogP contribution in [0.5, 0.6) is 0 Å². The Morgan fingerprint density at radius 3 is 1.90 bits per heavy atom. The van der Waals surface area contributed by atoms with Gasteiger partial charge in [-0.25, -0.2) is 0 Å². The minimum Gasteiger partial charge on any atom is -0.310 e. The van der Waals surface area contributed by atoms with Crippen molar-refractivity contribution >= 4 is 54.1 Å². The zero-order valence-electron chi connectivity index (χ0n) is 37.6. The highest BCUT2D eigenvalue weighted by Crippen LogP contribution is 2.65. The average Bonchev–Trinajstić information content (AvgIpc) is 4.06. The van der Waals surface area contributed by atoms with Gasteiger partial charge in [0.1, 0.15) is 0 Å². The van der Waals surface area contributed by atoms with Crippen molar-refractivity contribution < 1.29 is 0 Å². The van der Waals surface area contributed by atoms with E-state index in [1.165, 1.54) is 104 Å². The molecule has 0 amide bonds. The summed E-state index contributed by atoms with van der Waals surface area (Å²) in [4.78, 5) is 2.51. The lowest BCUT2D eigenvalue weighted by Crippen LogP contribution is -2.26. The molecule has 9 aromatic carbocycles. The molecule has 0 fully saturated rings. The number of anilines is 3. The number of hydrogen-bond acceptors (Lipinski definition) is 2. The lowest BCUT2D eigenvalue weighted by atomic mass is 9.70. The number of terminal acetylenes is 1. The predicted octanol–water partition coefficient (Wildman–Crippen LogP) is 17.5. The second-order valence-corrected chi connectivity index (χ2v) is 19.7. The van der Waals surface area contributed by atoms with Crippen LogP contribution in [0.15, 0.2) is 218 Å². The third kappa shape index (κ3) is 5.50. The van der Waals surface area contributed by atoms with Gasteiger partial charge in [-0.1, -0.05) is 178 Å². The monoisotopic (exact) mass is 871 g/mol. The number of thiophene rings is 1. The van der Waals surface area contributed by atoms with Gasteiger partial charge < -0.3 is 4.90 Å². The van der Waals surface area contributed by atoms with Gasteiger partial charge in [0.15, 0.2) is 0 Å². The first-order valence-electron chi connectivity index (χ1n) is 23.2. The second kappa shape index (κ2) is 14.8. The molecule has 0 saturated carbocycles. The normalized spacial score (nSPS) is 17.1. The fraction of sp³-hybridized carbons (Fsp3) is 0.0769. The van der Waals surface area contributed by atoms with E-state index in [-0.39, 0.29) is 5.41 Å². The number of allylic oxidation sites excluding steroid dienone is 4. The highest BCUT2D eigenvalue weighted by atomic mass is 32.1. The molecule has 2 heteroatoms. The minimum absolute atomic E-state index is 0.232. The molecular weight excluding hydrogens is 827 g/mol. The van der Waals surface area contributed by atoms with Gasteiger partial charge in [0.25, 0.3) is 0 Å². The van der Waals surface area contributed by atoms with Crippen molar-refractivity contribution in [3.05, 3.63) is 251 Å². The molecule has 1 nitrogen and oxygen atoms in total. The Morgan fingerprint density at radius 2 is 1.10 bits per heavy atom. The van der Waals surface area contributed by atoms with E-state index in [4.69, 9.17) is 6.42 Å². The number of rotatable bonds is 5. The quantitative estimate of drug-likeness (QED) is 0.156. The van der Waals surface area contributed by atoms with Crippen LogP contribution in [0.2, 0.25) is 0 Å². The van der Waals surface area contributed by atoms with Gasteiger partial charge in [-0.15, -0.1) is 17.8 Å². The van der Waals surface area contributed by atoms with Crippen LogP contribution in [-0.2, 0) is 10.8 Å². The van der Waals surface area contributed by atoms with E-state index >= 15 is 0 Å². The Morgan fingerprint density at radius 1 is 0.493 bits per heavy atom. The van der Waals surface area contributed by atoms with Crippen LogP contribution in [0.25, 0.3) is 70.3 Å². The highest BCUT2D eigenvalue weighted by molar-refractivity contribution is 7.25. The Balaban J connectivity index is 1.04. The van der Waals surface area contributed by atoms with Gasteiger partial charge in [-0.2, -0.15) is 0 Å². The van der Waals surface area contributed by atoms with E-state index in [1.54, 1.807) is 0 Å². The van der Waals surface area contributed by atoms with Gasteiger partial charge in [-0.3, -0.25) is 0 Å². The summed E-state index contributed by atoms with van der Waals surface area (Å²) in [6.45, 7) is 6.91. The maximum Gasteiger partial charge on any atom is 0.0732 e. The first kappa shape index (κ1) is 39.4. The molecule has 0 aliphatic heterocycles. The standard InChI is InChI=1S/C65H45NS/c1-5-18-53-46(6-2)48-21-10-13-25-54(48)65(53)55-26-14-11-22-51(55)63-56(65)27-17-28-59(63)66(44-34-31-42(32-35-44)47-24-16-30-61-62(47)52-23-12-15-29-60(52)67-61)45-36-38-50-49-37-33-43(41-19-8-7-9-20-41)39-57(49)64(3,4)58(50)40-45/h1,6-40H,2-4H3/b46-6-,53-18?. The number of hydrogen-bond donors (Lipinski definition) is 0. The van der Waals surface area contributed by atoms with Crippen molar-refractivity contribution in [1.82, 2.24) is 0 Å². The third-order valence-corrected chi connectivity index (χ3v) is 16.1. The van der Waals surface area contributed by atoms with E-state index in [9.17, 15) is 0 Å². The van der Waals surface area contributed by atoms with E-state index in [2.05, 4.69) is 238 Å². The van der Waals surface area contributed by atoms with E-state index < -0.39 is 5.41 Å². The zero-order chi connectivity index (χ0) is 45.0. The van der Waals surface area contributed by atoms with E-state index in [0.717, 1.165) is 22.6 Å². The molecule has 0 N–H and O–H groups in total. The number of fused-ring (bicyclic) bond motifs is 13. The fourth-order valence-corrected chi connectivity index (χ4v) is 13.2. The van der Waals surface area contributed by atoms with Gasteiger partial charge >= 0.3 is 0 Å². The maximum atomic E-state index is 6.26. The van der Waals surface area contributed by atoms with Gasteiger partial charge in [-0.05, 0) is 145 Å². The Labute approximate surface area is 396 Å². The summed E-state index contributed by atoms with van der Waals surface area (Å²) in [5.74, 6) is 2.99. The average molecular weight is 872 g/mol. The van der Waals surface area contributed by atoms with E-state index in [0.29, 0.717) is 0 Å². The Hall–Kier alpha value is -7.96. The van der Waals surface area contributed by atoms with Crippen LogP contribution in [0.4, 0.5) is 17.1 Å². The largest absolute Gasteiger partial charge is 0.310 e. The van der Waals surface area contributed by atoms with Crippen LogP contribution < -0.4 is 4.90 Å². The topological polar surface area (TPSA) is 3.24 Å². The lowest BCUT2D eigenvalue weighted by molar-refractivity contribution is 0.660. The van der Waals surface area contributed by atoms with Crippen molar-refractivity contribution in [2.75, 3.05) is 4.90 Å². The summed E-state index contributed by atoms with van der Waals surface area (Å²) in [6.07, 6.45) is 10.5. The molecule has 0 radical (unpaired) electrons. The lowest BCUT2D eigenvalue weighted by Gasteiger charge is -2.32. The summed E-state index contributed by atoms with van der Waals surface area (Å²) in [6, 6.07) is 74.6. The van der Waals surface area contributed by atoms with Crippen LogP contribution >= 0.6 is 11.3 Å². The van der Waals surface area contributed by atoms with Crippen molar-refractivity contribution in [3.8, 4) is 56.9 Å². The minimum atomic E-state index is -0.581. The van der Waals surface area contributed by atoms with Crippen molar-refractivity contribution in [1.29, 1.82) is 0 Å². The van der Waals surface area contributed by atoms with Crippen molar-refractivity contribution in [2.45, 2.75) is 31.6 Å². The molecule has 316 valence electrons. The van der Waals surface area contributed by atoms with Crippen LogP contribution in [0, 0.1) is 12.3 Å². The molecule has 13 rings (SSSR count). The second-order valence-electron chi connectivity index (χ2n) is 18.6. The maximum absolute atomic E-state index is 6.26. The molecule has 10 aromatic rings. The Kier molecular flexibility index (Phi) is 8.69. The molecule has 1 aromatic heterocycles. The molecular formula is C65H45NS. The highest BCUT2D eigenvalue weighted by Gasteiger charge is 2.54. The number of benzene rings is 9. The summed E-state index contributed by atoms with van der Waals surface area (Å²) in [5.41, 5.74) is 22.6. The van der Waals surface area contributed by atoms with Crippen LogP contribution in [-0.4, -0.2) is 0 Å². The molecule has 1 unspecified atom stereocenters. The van der Waals surface area contributed by atoms with Gasteiger partial charge in [0.2, 0.25) is 0 Å². The first-order valence-corrected chi connectivity index (χ1v) is 24.1. The van der Waals surface area contributed by atoms with E-state index in [1.807, 2.05) is 17.4 Å². The third-order valence-electron chi connectivity index (χ3n) is 15.0. The molecule has 3 aliphatic rings. The fourth-order valence-electron chi connectivity index (χ4n) is 12.1.